The van der Waals surface area contributed by atoms with E-state index in [9.17, 15) is 26.4 Å². The van der Waals surface area contributed by atoms with E-state index in [0.29, 0.717) is 11.0 Å². The number of halogens is 4. The molecular formula is C17H15BrF3NO4S. The van der Waals surface area contributed by atoms with E-state index >= 15 is 0 Å². The van der Waals surface area contributed by atoms with Gasteiger partial charge in [-0.25, -0.2) is 0 Å². The van der Waals surface area contributed by atoms with Crippen LogP contribution in [0.4, 0.5) is 13.2 Å². The molecule has 0 bridgehead atoms. The van der Waals surface area contributed by atoms with Crippen molar-refractivity contribution in [1.29, 1.82) is 0 Å². The summed E-state index contributed by atoms with van der Waals surface area (Å²) >= 11 is 3.29. The Morgan fingerprint density at radius 3 is 2.11 bits per heavy atom. The first-order valence-electron chi connectivity index (χ1n) is 7.18. The monoisotopic (exact) mass is 465 g/mol. The number of alkyl halides is 3. The highest BCUT2D eigenvalue weighted by Gasteiger charge is 2.29. The fourth-order valence-corrected chi connectivity index (χ4v) is 2.66. The Labute approximate surface area is 162 Å². The van der Waals surface area contributed by atoms with E-state index in [1.165, 1.54) is 0 Å². The van der Waals surface area contributed by atoms with E-state index in [4.69, 9.17) is 10.3 Å². The van der Waals surface area contributed by atoms with Crippen molar-refractivity contribution < 1.29 is 30.9 Å². The van der Waals surface area contributed by atoms with Gasteiger partial charge in [0.15, 0.2) is 0 Å². The highest BCUT2D eigenvalue weighted by molar-refractivity contribution is 9.10. The molecule has 0 saturated carbocycles. The Bertz CT molecular complexity index is 940. The van der Waals surface area contributed by atoms with E-state index < -0.39 is 21.9 Å². The summed E-state index contributed by atoms with van der Waals surface area (Å²) in [6.07, 6.45) is -3.43. The molecule has 0 saturated heterocycles. The van der Waals surface area contributed by atoms with Crippen molar-refractivity contribution in [2.45, 2.75) is 13.1 Å². The molecule has 3 N–H and O–H groups in total. The van der Waals surface area contributed by atoms with Crippen molar-refractivity contribution in [2.24, 2.45) is 5.73 Å². The normalized spacial score (nSPS) is 11.8. The molecule has 2 aromatic carbocycles. The molecule has 0 fully saturated rings. The second-order valence-corrected chi connectivity index (χ2v) is 7.48. The number of amides is 1. The second-order valence-electron chi connectivity index (χ2n) is 5.26. The third kappa shape index (κ3) is 8.37. The Kier molecular flexibility index (Phi) is 7.76. The van der Waals surface area contributed by atoms with Gasteiger partial charge in [-0.3, -0.25) is 9.35 Å². The molecule has 2 aromatic rings. The Hall–Kier alpha value is -2.17. The molecule has 146 valence electrons. The van der Waals surface area contributed by atoms with Crippen LogP contribution in [0.2, 0.25) is 0 Å². The number of hydrogen-bond acceptors (Lipinski definition) is 3. The smallest absolute Gasteiger partial charge is 0.366 e. The van der Waals surface area contributed by atoms with Gasteiger partial charge in [-0.05, 0) is 54.5 Å². The third-order valence-corrected chi connectivity index (χ3v) is 4.10. The zero-order valence-electron chi connectivity index (χ0n) is 13.9. The fraction of sp³-hybridized carbons (Fsp3) is 0.118. The molecule has 0 radical (unpaired) electrons. The van der Waals surface area contributed by atoms with E-state index in [2.05, 4.69) is 15.9 Å². The predicted octanol–water partition coefficient (Wildman–Crippen LogP) is 4.42. The quantitative estimate of drug-likeness (QED) is 0.655. The van der Waals surface area contributed by atoms with Crippen LogP contribution in [-0.4, -0.2) is 18.9 Å². The van der Waals surface area contributed by atoms with Crippen molar-refractivity contribution in [1.82, 2.24) is 0 Å². The van der Waals surface area contributed by atoms with Gasteiger partial charge in [0.2, 0.25) is 5.91 Å². The average Bonchev–Trinajstić information content (AvgIpc) is 2.52. The Balaban J connectivity index is 0.000000289. The standard InChI is InChI=1S/C9H7F3O3S.C8H8BrNO/c10-9(11,12)8-3-1-7(2-4-8)5-6-16(13,14)15;1-5-4-6(9)2-3-7(5)8(10)11/h1-6H,(H,13,14,15);2-4H,1H3,(H2,10,11). The van der Waals surface area contributed by atoms with Gasteiger partial charge in [-0.2, -0.15) is 21.6 Å². The van der Waals surface area contributed by atoms with E-state index in [0.717, 1.165) is 40.4 Å². The molecule has 0 aliphatic carbocycles. The lowest BCUT2D eigenvalue weighted by molar-refractivity contribution is -0.137. The Morgan fingerprint density at radius 2 is 1.70 bits per heavy atom. The van der Waals surface area contributed by atoms with Crippen LogP contribution in [0.15, 0.2) is 52.3 Å². The van der Waals surface area contributed by atoms with E-state index in [1.807, 2.05) is 13.0 Å². The number of carbonyl (C=O) groups excluding carboxylic acids is 1. The van der Waals surface area contributed by atoms with E-state index in [-0.39, 0.29) is 11.5 Å². The number of aryl methyl sites for hydroxylation is 1. The SMILES string of the molecule is Cc1cc(Br)ccc1C(N)=O.O=S(=O)(O)C=Cc1ccc(C(F)(F)F)cc1. The lowest BCUT2D eigenvalue weighted by atomic mass is 10.1. The summed E-state index contributed by atoms with van der Waals surface area (Å²) in [5, 5.41) is 0.496. The molecule has 1 amide bonds. The number of benzene rings is 2. The molecule has 0 atom stereocenters. The largest absolute Gasteiger partial charge is 0.416 e. The summed E-state index contributed by atoms with van der Waals surface area (Å²) < 4.78 is 66.4. The number of hydrogen-bond donors (Lipinski definition) is 2. The lowest BCUT2D eigenvalue weighted by Gasteiger charge is -2.05. The Morgan fingerprint density at radius 1 is 1.15 bits per heavy atom. The van der Waals surface area contributed by atoms with Gasteiger partial charge in [-0.1, -0.05) is 28.1 Å². The van der Waals surface area contributed by atoms with Crippen molar-refractivity contribution >= 4 is 38.0 Å². The zero-order chi connectivity index (χ0) is 20.8. The summed E-state index contributed by atoms with van der Waals surface area (Å²) in [6, 6.07) is 9.22. The molecule has 0 heterocycles. The van der Waals surface area contributed by atoms with Gasteiger partial charge in [-0.15, -0.1) is 0 Å². The highest BCUT2D eigenvalue weighted by atomic mass is 79.9. The van der Waals surface area contributed by atoms with Gasteiger partial charge in [0.1, 0.15) is 0 Å². The molecule has 0 aromatic heterocycles. The van der Waals surface area contributed by atoms with Crippen LogP contribution in [0.5, 0.6) is 0 Å². The van der Waals surface area contributed by atoms with Gasteiger partial charge in [0.05, 0.1) is 11.0 Å². The van der Waals surface area contributed by atoms with Crippen LogP contribution in [-0.2, 0) is 16.3 Å². The molecule has 10 heteroatoms. The van der Waals surface area contributed by atoms with Crippen LogP contribution in [0.3, 0.4) is 0 Å². The van der Waals surface area contributed by atoms with Gasteiger partial charge in [0, 0.05) is 10.0 Å². The molecule has 27 heavy (non-hydrogen) atoms. The summed E-state index contributed by atoms with van der Waals surface area (Å²) in [6.45, 7) is 1.85. The van der Waals surface area contributed by atoms with Crippen molar-refractivity contribution in [3.05, 3.63) is 74.6 Å². The van der Waals surface area contributed by atoms with Gasteiger partial charge in [0.25, 0.3) is 10.1 Å². The summed E-state index contributed by atoms with van der Waals surface area (Å²) in [4.78, 5) is 10.7. The maximum Gasteiger partial charge on any atom is 0.416 e. The minimum absolute atomic E-state index is 0.241. The van der Waals surface area contributed by atoms with Gasteiger partial charge >= 0.3 is 6.18 Å². The third-order valence-electron chi connectivity index (χ3n) is 3.12. The zero-order valence-corrected chi connectivity index (χ0v) is 16.3. The first-order chi connectivity index (χ1) is 12.3. The molecule has 0 spiro atoms. The molecule has 0 aliphatic rings. The first kappa shape index (κ1) is 22.9. The van der Waals surface area contributed by atoms with Crippen LogP contribution in [0.25, 0.3) is 6.08 Å². The lowest BCUT2D eigenvalue weighted by Crippen LogP contribution is -2.12. The predicted molar refractivity (Wildman–Crippen MR) is 99.4 cm³/mol. The minimum atomic E-state index is -4.43. The fourth-order valence-electron chi connectivity index (χ4n) is 1.85. The highest BCUT2D eigenvalue weighted by Crippen LogP contribution is 2.29. The van der Waals surface area contributed by atoms with Crippen LogP contribution < -0.4 is 5.73 Å². The number of rotatable bonds is 3. The maximum absolute atomic E-state index is 12.1. The minimum Gasteiger partial charge on any atom is -0.366 e. The maximum atomic E-state index is 12.1. The van der Waals surface area contributed by atoms with Crippen molar-refractivity contribution in [3.8, 4) is 0 Å². The van der Waals surface area contributed by atoms with E-state index in [1.54, 1.807) is 12.1 Å². The van der Waals surface area contributed by atoms with Crippen LogP contribution >= 0.6 is 15.9 Å². The van der Waals surface area contributed by atoms with Crippen LogP contribution in [0.1, 0.15) is 27.0 Å². The first-order valence-corrected chi connectivity index (χ1v) is 9.48. The van der Waals surface area contributed by atoms with Gasteiger partial charge < -0.3 is 5.73 Å². The molecule has 0 aliphatic heterocycles. The average molecular weight is 466 g/mol. The molecule has 5 nitrogen and oxygen atoms in total. The molecule has 2 rings (SSSR count). The molecule has 0 unspecified atom stereocenters. The number of carbonyl (C=O) groups is 1. The summed E-state index contributed by atoms with van der Waals surface area (Å²) in [5.41, 5.74) is 6.00. The van der Waals surface area contributed by atoms with Crippen molar-refractivity contribution in [2.75, 3.05) is 0 Å². The summed E-state index contributed by atoms with van der Waals surface area (Å²) in [5.74, 6) is -0.380. The second kappa shape index (κ2) is 9.16. The van der Waals surface area contributed by atoms with Crippen LogP contribution in [0, 0.1) is 6.92 Å². The number of nitrogens with two attached hydrogens (primary N) is 1. The topological polar surface area (TPSA) is 97.5 Å². The van der Waals surface area contributed by atoms with Crippen molar-refractivity contribution in [3.63, 3.8) is 0 Å². The molecular weight excluding hydrogens is 451 g/mol. The summed E-state index contributed by atoms with van der Waals surface area (Å²) in [7, 11) is -4.26. The number of primary amides is 1.